The molecule has 0 saturated carbocycles. The average Bonchev–Trinajstić information content (AvgIpc) is 2.18. The Balaban J connectivity index is 0.00000196. The molecule has 0 aliphatic heterocycles. The molecule has 15 heavy (non-hydrogen) atoms. The Labute approximate surface area is 96.4 Å². The van der Waals surface area contributed by atoms with E-state index in [2.05, 4.69) is 4.90 Å². The third-order valence-corrected chi connectivity index (χ3v) is 1.82. The Morgan fingerprint density at radius 2 is 1.87 bits per heavy atom. The number of nitrogens with zero attached hydrogens (tertiary/aromatic N) is 1. The molecule has 0 bridgehead atoms. The summed E-state index contributed by atoms with van der Waals surface area (Å²) in [7, 11) is 4.00. The average molecular weight is 230 g/mol. The number of hydrogen-bond acceptors (Lipinski definition) is 3. The predicted octanol–water partition coefficient (Wildman–Crippen LogP) is 1.86. The van der Waals surface area contributed by atoms with E-state index < -0.39 is 0 Å². The lowest BCUT2D eigenvalue weighted by atomic mass is 10.2. The molecule has 0 radical (unpaired) electrons. The molecule has 0 amide bonds. The van der Waals surface area contributed by atoms with Gasteiger partial charge in [-0.05, 0) is 38.4 Å². The molecule has 0 aliphatic carbocycles. The summed E-state index contributed by atoms with van der Waals surface area (Å²) < 4.78 is 5.46. The highest BCUT2D eigenvalue weighted by Gasteiger charge is 1.95. The fraction of sp³-hybridized carbons (Fsp3) is 0.364. The van der Waals surface area contributed by atoms with Crippen LogP contribution in [0.5, 0.6) is 5.75 Å². The lowest BCUT2D eigenvalue weighted by Gasteiger charge is -2.10. The largest absolute Gasteiger partial charge is 0.492 e. The number of benzene rings is 1. The number of likely N-dealkylation sites (N-methyl/N-ethyl adjacent to an activating group) is 1. The summed E-state index contributed by atoms with van der Waals surface area (Å²) >= 11 is 0. The van der Waals surface area contributed by atoms with E-state index in [0.29, 0.717) is 12.2 Å². The van der Waals surface area contributed by atoms with Crippen LogP contribution < -0.4 is 4.74 Å². The minimum Gasteiger partial charge on any atom is -0.492 e. The van der Waals surface area contributed by atoms with E-state index >= 15 is 0 Å². The first-order valence-corrected chi connectivity index (χ1v) is 4.55. The van der Waals surface area contributed by atoms with Crippen molar-refractivity contribution in [3.8, 4) is 5.75 Å². The van der Waals surface area contributed by atoms with Crippen molar-refractivity contribution in [2.24, 2.45) is 0 Å². The zero-order valence-corrected chi connectivity index (χ0v) is 9.79. The number of hydrogen-bond donors (Lipinski definition) is 0. The molecule has 1 aromatic carbocycles. The second kappa shape index (κ2) is 7.26. The minimum atomic E-state index is 0. The lowest BCUT2D eigenvalue weighted by molar-refractivity contribution is 0.112. The predicted molar refractivity (Wildman–Crippen MR) is 63.1 cm³/mol. The summed E-state index contributed by atoms with van der Waals surface area (Å²) in [6.45, 7) is 1.54. The Morgan fingerprint density at radius 1 is 1.27 bits per heavy atom. The Morgan fingerprint density at radius 3 is 2.33 bits per heavy atom. The molecule has 3 nitrogen and oxygen atoms in total. The second-order valence-electron chi connectivity index (χ2n) is 3.34. The SMILES string of the molecule is CN(C)CCOc1ccc(C=O)cc1.Cl. The topological polar surface area (TPSA) is 29.5 Å². The van der Waals surface area contributed by atoms with Gasteiger partial charge in [0.25, 0.3) is 0 Å². The third-order valence-electron chi connectivity index (χ3n) is 1.82. The standard InChI is InChI=1S/C11H15NO2.ClH/c1-12(2)7-8-14-11-5-3-10(9-13)4-6-11;/h3-6,9H,7-8H2,1-2H3;1H. The van der Waals surface area contributed by atoms with Crippen LogP contribution in [-0.4, -0.2) is 38.4 Å². The first-order valence-electron chi connectivity index (χ1n) is 4.55. The zero-order chi connectivity index (χ0) is 10.4. The van der Waals surface area contributed by atoms with Gasteiger partial charge in [0.15, 0.2) is 0 Å². The highest BCUT2D eigenvalue weighted by Crippen LogP contribution is 2.10. The molecule has 0 heterocycles. The maximum atomic E-state index is 10.4. The van der Waals surface area contributed by atoms with E-state index in [1.807, 2.05) is 14.1 Å². The summed E-state index contributed by atoms with van der Waals surface area (Å²) in [5.74, 6) is 0.803. The maximum absolute atomic E-state index is 10.4. The van der Waals surface area contributed by atoms with Gasteiger partial charge in [-0.15, -0.1) is 12.4 Å². The molecule has 0 aromatic heterocycles. The Bertz CT molecular complexity index is 285. The van der Waals surface area contributed by atoms with Crippen molar-refractivity contribution < 1.29 is 9.53 Å². The van der Waals surface area contributed by atoms with Crippen LogP contribution in [0.4, 0.5) is 0 Å². The van der Waals surface area contributed by atoms with Gasteiger partial charge in [0.05, 0.1) is 0 Å². The van der Waals surface area contributed by atoms with Gasteiger partial charge in [0.2, 0.25) is 0 Å². The first-order chi connectivity index (χ1) is 6.72. The molecule has 0 N–H and O–H groups in total. The number of carbonyl (C=O) groups excluding carboxylic acids is 1. The molecule has 0 saturated heterocycles. The third kappa shape index (κ3) is 5.40. The summed E-state index contributed by atoms with van der Waals surface area (Å²) in [5.41, 5.74) is 0.671. The first kappa shape index (κ1) is 13.9. The van der Waals surface area contributed by atoms with Crippen molar-refractivity contribution in [2.75, 3.05) is 27.2 Å². The quantitative estimate of drug-likeness (QED) is 0.722. The zero-order valence-electron chi connectivity index (χ0n) is 8.97. The van der Waals surface area contributed by atoms with Gasteiger partial charge in [-0.3, -0.25) is 4.79 Å². The van der Waals surface area contributed by atoms with E-state index in [9.17, 15) is 4.79 Å². The fourth-order valence-corrected chi connectivity index (χ4v) is 0.989. The molecule has 0 spiro atoms. The molecule has 1 aromatic rings. The van der Waals surface area contributed by atoms with Crippen LogP contribution >= 0.6 is 12.4 Å². The van der Waals surface area contributed by atoms with E-state index in [1.165, 1.54) is 0 Å². The molecular formula is C11H16ClNO2. The number of carbonyl (C=O) groups is 1. The summed E-state index contributed by atoms with van der Waals surface area (Å²) in [4.78, 5) is 12.4. The van der Waals surface area contributed by atoms with Crippen molar-refractivity contribution in [3.05, 3.63) is 29.8 Å². The van der Waals surface area contributed by atoms with Crippen LogP contribution in [0.3, 0.4) is 0 Å². The smallest absolute Gasteiger partial charge is 0.150 e. The van der Waals surface area contributed by atoms with E-state index in [1.54, 1.807) is 24.3 Å². The molecule has 4 heteroatoms. The van der Waals surface area contributed by atoms with Gasteiger partial charge < -0.3 is 9.64 Å². The highest BCUT2D eigenvalue weighted by molar-refractivity contribution is 5.85. The van der Waals surface area contributed by atoms with Crippen molar-refractivity contribution in [1.82, 2.24) is 4.90 Å². The van der Waals surface area contributed by atoms with E-state index in [0.717, 1.165) is 18.6 Å². The monoisotopic (exact) mass is 229 g/mol. The van der Waals surface area contributed by atoms with Crippen LogP contribution in [-0.2, 0) is 0 Å². The molecule has 0 unspecified atom stereocenters. The molecule has 0 aliphatic rings. The summed E-state index contributed by atoms with van der Waals surface area (Å²) in [6.07, 6.45) is 0.823. The van der Waals surface area contributed by atoms with Gasteiger partial charge in [-0.25, -0.2) is 0 Å². The molecule has 0 atom stereocenters. The van der Waals surface area contributed by atoms with Gasteiger partial charge >= 0.3 is 0 Å². The molecule has 1 rings (SSSR count). The van der Waals surface area contributed by atoms with Crippen LogP contribution in [0.25, 0.3) is 0 Å². The fourth-order valence-electron chi connectivity index (χ4n) is 0.989. The van der Waals surface area contributed by atoms with Crippen LogP contribution in [0, 0.1) is 0 Å². The van der Waals surface area contributed by atoms with Crippen LogP contribution in [0.15, 0.2) is 24.3 Å². The summed E-state index contributed by atoms with van der Waals surface area (Å²) in [6, 6.07) is 7.11. The number of ether oxygens (including phenoxy) is 1. The Kier molecular flexibility index (Phi) is 6.75. The van der Waals surface area contributed by atoms with E-state index in [-0.39, 0.29) is 12.4 Å². The molecular weight excluding hydrogens is 214 g/mol. The van der Waals surface area contributed by atoms with Gasteiger partial charge in [0.1, 0.15) is 18.6 Å². The number of aldehydes is 1. The van der Waals surface area contributed by atoms with Gasteiger partial charge in [-0.1, -0.05) is 0 Å². The van der Waals surface area contributed by atoms with Crippen molar-refractivity contribution in [3.63, 3.8) is 0 Å². The van der Waals surface area contributed by atoms with Gasteiger partial charge in [-0.2, -0.15) is 0 Å². The number of halogens is 1. The van der Waals surface area contributed by atoms with Gasteiger partial charge in [0, 0.05) is 12.1 Å². The maximum Gasteiger partial charge on any atom is 0.150 e. The van der Waals surface area contributed by atoms with E-state index in [4.69, 9.17) is 4.74 Å². The normalized spacial score (nSPS) is 9.53. The van der Waals surface area contributed by atoms with Crippen molar-refractivity contribution in [1.29, 1.82) is 0 Å². The second-order valence-corrected chi connectivity index (χ2v) is 3.34. The Hall–Kier alpha value is -1.06. The minimum absolute atomic E-state index is 0. The summed E-state index contributed by atoms with van der Waals surface area (Å²) in [5, 5.41) is 0. The molecule has 0 fully saturated rings. The van der Waals surface area contributed by atoms with Crippen LogP contribution in [0.1, 0.15) is 10.4 Å². The number of rotatable bonds is 5. The molecule has 84 valence electrons. The van der Waals surface area contributed by atoms with Crippen molar-refractivity contribution >= 4 is 18.7 Å². The lowest BCUT2D eigenvalue weighted by Crippen LogP contribution is -2.19. The van der Waals surface area contributed by atoms with Crippen LogP contribution in [0.2, 0.25) is 0 Å². The van der Waals surface area contributed by atoms with Crippen molar-refractivity contribution in [2.45, 2.75) is 0 Å². The highest BCUT2D eigenvalue weighted by atomic mass is 35.5.